The summed E-state index contributed by atoms with van der Waals surface area (Å²) >= 11 is 0. The molecule has 0 unspecified atom stereocenters. The van der Waals surface area contributed by atoms with Crippen molar-refractivity contribution < 1.29 is 32.2 Å². The monoisotopic (exact) mass is 398 g/mol. The van der Waals surface area contributed by atoms with Gasteiger partial charge < -0.3 is 14.2 Å². The van der Waals surface area contributed by atoms with Crippen LogP contribution in [0.25, 0.3) is 0 Å². The van der Waals surface area contributed by atoms with Crippen LogP contribution in [0.2, 0.25) is 0 Å². The SMILES string of the molecule is COc1ccc(CCC(=O)NNc2ccccc2C(F)(F)F)c(OC)c1OC. The van der Waals surface area contributed by atoms with Crippen molar-refractivity contribution in [1.82, 2.24) is 5.43 Å². The highest BCUT2D eigenvalue weighted by Gasteiger charge is 2.33. The summed E-state index contributed by atoms with van der Waals surface area (Å²) in [6, 6.07) is 8.31. The molecule has 2 N–H and O–H groups in total. The molecule has 0 fully saturated rings. The summed E-state index contributed by atoms with van der Waals surface area (Å²) in [7, 11) is 4.43. The van der Waals surface area contributed by atoms with Gasteiger partial charge in [-0.15, -0.1) is 0 Å². The average molecular weight is 398 g/mol. The van der Waals surface area contributed by atoms with Crippen molar-refractivity contribution in [2.75, 3.05) is 26.8 Å². The number of halogens is 3. The molecule has 9 heteroatoms. The van der Waals surface area contributed by atoms with Crippen molar-refractivity contribution in [2.24, 2.45) is 0 Å². The largest absolute Gasteiger partial charge is 0.493 e. The predicted octanol–water partition coefficient (Wildman–Crippen LogP) is 3.81. The fraction of sp³-hybridized carbons (Fsp3) is 0.316. The number of hydrogen-bond acceptors (Lipinski definition) is 5. The van der Waals surface area contributed by atoms with Crippen molar-refractivity contribution in [3.63, 3.8) is 0 Å². The summed E-state index contributed by atoms with van der Waals surface area (Å²) < 4.78 is 54.7. The van der Waals surface area contributed by atoms with E-state index in [4.69, 9.17) is 14.2 Å². The van der Waals surface area contributed by atoms with Crippen molar-refractivity contribution in [2.45, 2.75) is 19.0 Å². The molecule has 0 bridgehead atoms. The molecule has 0 atom stereocenters. The number of alkyl halides is 3. The molecule has 0 radical (unpaired) electrons. The first-order valence-corrected chi connectivity index (χ1v) is 8.30. The fourth-order valence-electron chi connectivity index (χ4n) is 2.65. The van der Waals surface area contributed by atoms with Crippen molar-refractivity contribution in [3.8, 4) is 17.2 Å². The van der Waals surface area contributed by atoms with E-state index < -0.39 is 17.6 Å². The number of ether oxygens (including phenoxy) is 3. The van der Waals surface area contributed by atoms with Crippen LogP contribution in [-0.2, 0) is 17.4 Å². The molecule has 2 aromatic carbocycles. The fourth-order valence-corrected chi connectivity index (χ4v) is 2.65. The van der Waals surface area contributed by atoms with Gasteiger partial charge in [0.25, 0.3) is 0 Å². The van der Waals surface area contributed by atoms with Crippen LogP contribution >= 0.6 is 0 Å². The summed E-state index contributed by atoms with van der Waals surface area (Å²) in [5, 5.41) is 0. The van der Waals surface area contributed by atoms with Gasteiger partial charge in [-0.3, -0.25) is 15.6 Å². The van der Waals surface area contributed by atoms with Crippen LogP contribution in [0, 0.1) is 0 Å². The van der Waals surface area contributed by atoms with Gasteiger partial charge in [0.15, 0.2) is 11.5 Å². The second-order valence-corrected chi connectivity index (χ2v) is 5.71. The Morgan fingerprint density at radius 1 is 0.964 bits per heavy atom. The molecule has 28 heavy (non-hydrogen) atoms. The zero-order valence-corrected chi connectivity index (χ0v) is 15.6. The minimum Gasteiger partial charge on any atom is -0.493 e. The summed E-state index contributed by atoms with van der Waals surface area (Å²) in [5.74, 6) is 0.844. The molecule has 0 heterocycles. The molecule has 2 rings (SSSR count). The lowest BCUT2D eigenvalue weighted by Gasteiger charge is -2.16. The number of nitrogens with one attached hydrogen (secondary N) is 2. The lowest BCUT2D eigenvalue weighted by molar-refractivity contribution is -0.137. The van der Waals surface area contributed by atoms with Gasteiger partial charge >= 0.3 is 6.18 Å². The van der Waals surface area contributed by atoms with Crippen LogP contribution < -0.4 is 25.1 Å². The number of amides is 1. The van der Waals surface area contributed by atoms with Gasteiger partial charge in [0.1, 0.15) is 0 Å². The lowest BCUT2D eigenvalue weighted by Crippen LogP contribution is -2.30. The molecule has 0 aromatic heterocycles. The zero-order valence-electron chi connectivity index (χ0n) is 15.6. The number of hydrazine groups is 1. The van der Waals surface area contributed by atoms with Gasteiger partial charge in [-0.05, 0) is 30.2 Å². The Morgan fingerprint density at radius 3 is 2.25 bits per heavy atom. The standard InChI is InChI=1S/C19H21F3N2O4/c1-26-15-10-8-12(17(27-2)18(15)28-3)9-11-16(25)24-23-14-7-5-4-6-13(14)19(20,21)22/h4-8,10,23H,9,11H2,1-3H3,(H,24,25). The first-order chi connectivity index (χ1) is 13.3. The van der Waals surface area contributed by atoms with Crippen molar-refractivity contribution >= 4 is 11.6 Å². The Labute approximate surface area is 160 Å². The number of para-hydroxylation sites is 1. The third-order valence-corrected chi connectivity index (χ3v) is 3.98. The van der Waals surface area contributed by atoms with Crippen molar-refractivity contribution in [3.05, 3.63) is 47.5 Å². The average Bonchev–Trinajstić information content (AvgIpc) is 2.69. The van der Waals surface area contributed by atoms with E-state index >= 15 is 0 Å². The van der Waals surface area contributed by atoms with E-state index in [9.17, 15) is 18.0 Å². The molecule has 0 spiro atoms. The van der Waals surface area contributed by atoms with E-state index in [0.717, 1.165) is 6.07 Å². The molecular formula is C19H21F3N2O4. The Bertz CT molecular complexity index is 825. The number of benzene rings is 2. The maximum atomic E-state index is 13.0. The maximum absolute atomic E-state index is 13.0. The van der Waals surface area contributed by atoms with Crippen LogP contribution in [0.4, 0.5) is 18.9 Å². The molecule has 0 aliphatic heterocycles. The van der Waals surface area contributed by atoms with Crippen LogP contribution in [-0.4, -0.2) is 27.2 Å². The normalized spacial score (nSPS) is 10.9. The Kier molecular flexibility index (Phi) is 6.97. The molecule has 0 aliphatic rings. The van der Waals surface area contributed by atoms with E-state index in [2.05, 4.69) is 10.9 Å². The van der Waals surface area contributed by atoms with E-state index in [-0.39, 0.29) is 18.5 Å². The molecule has 152 valence electrons. The Balaban J connectivity index is 2.03. The van der Waals surface area contributed by atoms with E-state index in [1.165, 1.54) is 39.5 Å². The van der Waals surface area contributed by atoms with Crippen molar-refractivity contribution in [1.29, 1.82) is 0 Å². The minimum atomic E-state index is -4.53. The maximum Gasteiger partial charge on any atom is 0.418 e. The lowest BCUT2D eigenvalue weighted by atomic mass is 10.1. The first kappa shape index (κ1) is 21.2. The summed E-state index contributed by atoms with van der Waals surface area (Å²) in [4.78, 5) is 12.1. The molecular weight excluding hydrogens is 377 g/mol. The number of anilines is 1. The Morgan fingerprint density at radius 2 is 1.64 bits per heavy atom. The summed E-state index contributed by atoms with van der Waals surface area (Å²) in [5.41, 5.74) is 4.22. The first-order valence-electron chi connectivity index (χ1n) is 8.30. The number of carbonyl (C=O) groups excluding carboxylic acids is 1. The summed E-state index contributed by atoms with van der Waals surface area (Å²) in [6.45, 7) is 0. The van der Waals surface area contributed by atoms with E-state index in [1.807, 2.05) is 0 Å². The van der Waals surface area contributed by atoms with Crippen LogP contribution in [0.1, 0.15) is 17.5 Å². The molecule has 0 aliphatic carbocycles. The van der Waals surface area contributed by atoms with Gasteiger partial charge in [0, 0.05) is 6.42 Å². The minimum absolute atomic E-state index is 0.0209. The zero-order chi connectivity index (χ0) is 20.7. The molecule has 0 saturated heterocycles. The quantitative estimate of drug-likeness (QED) is 0.662. The second kappa shape index (κ2) is 9.20. The predicted molar refractivity (Wildman–Crippen MR) is 97.6 cm³/mol. The van der Waals surface area contributed by atoms with Gasteiger partial charge in [-0.25, -0.2) is 0 Å². The van der Waals surface area contributed by atoms with Gasteiger partial charge in [0.2, 0.25) is 11.7 Å². The topological polar surface area (TPSA) is 68.8 Å². The second-order valence-electron chi connectivity index (χ2n) is 5.71. The molecule has 0 saturated carbocycles. The third-order valence-electron chi connectivity index (χ3n) is 3.98. The molecule has 1 amide bonds. The van der Waals surface area contributed by atoms with Gasteiger partial charge in [-0.2, -0.15) is 13.2 Å². The highest BCUT2D eigenvalue weighted by atomic mass is 19.4. The third kappa shape index (κ3) is 4.99. The summed E-state index contributed by atoms with van der Waals surface area (Å²) in [6.07, 6.45) is -4.22. The van der Waals surface area contributed by atoms with Gasteiger partial charge in [-0.1, -0.05) is 18.2 Å². The van der Waals surface area contributed by atoms with Crippen LogP contribution in [0.3, 0.4) is 0 Å². The number of aryl methyl sites for hydroxylation is 1. The smallest absolute Gasteiger partial charge is 0.418 e. The number of methoxy groups -OCH3 is 3. The molecule has 6 nitrogen and oxygen atoms in total. The molecule has 2 aromatic rings. The van der Waals surface area contributed by atoms with E-state index in [1.54, 1.807) is 12.1 Å². The van der Waals surface area contributed by atoms with E-state index in [0.29, 0.717) is 22.8 Å². The highest BCUT2D eigenvalue weighted by molar-refractivity contribution is 5.78. The number of carbonyl (C=O) groups is 1. The van der Waals surface area contributed by atoms with Crippen LogP contribution in [0.5, 0.6) is 17.2 Å². The highest BCUT2D eigenvalue weighted by Crippen LogP contribution is 2.40. The number of rotatable bonds is 8. The van der Waals surface area contributed by atoms with Gasteiger partial charge in [0.05, 0.1) is 32.6 Å². The number of hydrogen-bond donors (Lipinski definition) is 2. The van der Waals surface area contributed by atoms with Crippen LogP contribution in [0.15, 0.2) is 36.4 Å². The Hall–Kier alpha value is -3.10.